The van der Waals surface area contributed by atoms with E-state index in [4.69, 9.17) is 0 Å². The topological polar surface area (TPSA) is 40.1 Å². The number of unbranched alkanes of at least 4 members (excludes halogenated alkanes) is 5. The van der Waals surface area contributed by atoms with E-state index in [1.807, 2.05) is 6.92 Å². The molecule has 0 atom stereocenters. The molecule has 0 N–H and O–H groups in total. The summed E-state index contributed by atoms with van der Waals surface area (Å²) in [6.07, 6.45) is 8.71. The van der Waals surface area contributed by atoms with Gasteiger partial charge in [0, 0.05) is 5.97 Å². The van der Waals surface area contributed by atoms with E-state index in [0.29, 0.717) is 0 Å². The molecule has 0 unspecified atom stereocenters. The fourth-order valence-electron chi connectivity index (χ4n) is 1.12. The van der Waals surface area contributed by atoms with Gasteiger partial charge in [0.25, 0.3) is 0 Å². The van der Waals surface area contributed by atoms with E-state index in [0.717, 1.165) is 19.3 Å². The molecule has 2 nitrogen and oxygen atoms in total. The van der Waals surface area contributed by atoms with E-state index < -0.39 is 5.97 Å². The van der Waals surface area contributed by atoms with E-state index in [1.165, 1.54) is 30.2 Å². The minimum absolute atomic E-state index is 0.216. The Balaban J connectivity index is 0. The molecule has 0 radical (unpaired) electrons. The van der Waals surface area contributed by atoms with Crippen molar-refractivity contribution in [1.82, 2.24) is 0 Å². The molecule has 0 rings (SSSR count). The number of carbonyl (C=O) groups is 1. The van der Waals surface area contributed by atoms with E-state index in [9.17, 15) is 9.90 Å². The van der Waals surface area contributed by atoms with Crippen LogP contribution in [0.5, 0.6) is 0 Å². The van der Waals surface area contributed by atoms with Crippen molar-refractivity contribution in [3.05, 3.63) is 0 Å². The molecule has 15 heavy (non-hydrogen) atoms. The molecule has 0 saturated heterocycles. The fraction of sp³-hybridized carbons (Fsp3) is 0.917. The van der Waals surface area contributed by atoms with Crippen molar-refractivity contribution >= 4 is 27.7 Å². The second-order valence-corrected chi connectivity index (χ2v) is 4.45. The summed E-state index contributed by atoms with van der Waals surface area (Å²) in [6, 6.07) is 0. The zero-order chi connectivity index (χ0) is 11.9. The number of carboxylic acids is 1. The summed E-state index contributed by atoms with van der Waals surface area (Å²) >= 11 is 2.08. The molecule has 0 aromatic rings. The van der Waals surface area contributed by atoms with E-state index in [-0.39, 0.29) is 6.42 Å². The second-order valence-electron chi connectivity index (χ2n) is 3.74. The van der Waals surface area contributed by atoms with Gasteiger partial charge in [0.05, 0.1) is 0 Å². The quantitative estimate of drug-likeness (QED) is 0.469. The van der Waals surface area contributed by atoms with Gasteiger partial charge in [0.2, 0.25) is 0 Å². The van der Waals surface area contributed by atoms with Gasteiger partial charge in [-0.1, -0.05) is 19.8 Å². The van der Waals surface area contributed by atoms with Crippen molar-refractivity contribution in [3.8, 4) is 0 Å². The third-order valence-corrected chi connectivity index (χ3v) is 2.59. The summed E-state index contributed by atoms with van der Waals surface area (Å²) in [5.74, 6) is -0.932. The zero-order valence-electron chi connectivity index (χ0n) is 10.4. The molecule has 0 amide bonds. The molecule has 0 aromatic carbocycles. The average molecular weight is 225 g/mol. The molecule has 3 heteroatoms. The first-order valence-corrected chi connectivity index (χ1v) is 7.18. The Kier molecular flexibility index (Phi) is 19.6. The number of hydrogen-bond acceptors (Lipinski definition) is 2. The van der Waals surface area contributed by atoms with Gasteiger partial charge in [-0.05, 0) is 12.8 Å². The number of rotatable bonds is 8. The summed E-state index contributed by atoms with van der Waals surface area (Å²) in [7, 11) is 0. The minimum atomic E-state index is -0.932. The Morgan fingerprint density at radius 3 is 1.93 bits per heavy atom. The molecule has 0 aromatic heterocycles. The Hall–Kier alpha value is 0.236. The van der Waals surface area contributed by atoms with Gasteiger partial charge < -0.3 is 9.90 Å². The molecule has 0 aliphatic carbocycles. The Morgan fingerprint density at radius 1 is 1.00 bits per heavy atom. The van der Waals surface area contributed by atoms with Crippen LogP contribution in [0.2, 0.25) is 4.55 Å². The monoisotopic (exact) mass is 224 g/mol. The van der Waals surface area contributed by atoms with Gasteiger partial charge >= 0.3 is 58.9 Å². The first kappa shape index (κ1) is 17.6. The van der Waals surface area contributed by atoms with E-state index in [2.05, 4.69) is 28.6 Å². The molecule has 0 aliphatic heterocycles. The summed E-state index contributed by atoms with van der Waals surface area (Å²) in [5.41, 5.74) is 0. The first-order chi connectivity index (χ1) is 7.18. The van der Waals surface area contributed by atoms with Gasteiger partial charge in [-0.2, -0.15) is 0 Å². The van der Waals surface area contributed by atoms with Crippen LogP contribution in [0.25, 0.3) is 0 Å². The fourth-order valence-corrected chi connectivity index (χ4v) is 1.48. The molecule has 0 spiro atoms. The van der Waals surface area contributed by atoms with Gasteiger partial charge in [-0.15, -0.1) is 0 Å². The summed E-state index contributed by atoms with van der Waals surface area (Å²) in [5, 5.41) is 9.76. The second kappa shape index (κ2) is 16.7. The van der Waals surface area contributed by atoms with Crippen LogP contribution in [0.15, 0.2) is 0 Å². The summed E-state index contributed by atoms with van der Waals surface area (Å²) in [6.45, 7) is 4.28. The molecule has 0 fully saturated rings. The standard InChI is InChI=1S/C6H12O2.C6H13.Mg/c1-2-3-4-5-6(7)8;1-3-5-6-4-2;/h2-5H2,1H3,(H,7,8);1,3-6H2,2H3;/q;;+1/p-1. The van der Waals surface area contributed by atoms with Crippen molar-refractivity contribution in [3.63, 3.8) is 0 Å². The predicted octanol–water partition coefficient (Wildman–Crippen LogP) is 2.47. The van der Waals surface area contributed by atoms with Crippen LogP contribution in [0.3, 0.4) is 0 Å². The van der Waals surface area contributed by atoms with Crippen molar-refractivity contribution < 1.29 is 9.90 Å². The maximum atomic E-state index is 9.76. The van der Waals surface area contributed by atoms with Gasteiger partial charge in [-0.3, -0.25) is 0 Å². The number of hydrogen-bond donors (Lipinski definition) is 0. The molecule has 0 heterocycles. The Labute approximate surface area is 107 Å². The van der Waals surface area contributed by atoms with Gasteiger partial charge in [-0.25, -0.2) is 0 Å². The van der Waals surface area contributed by atoms with Crippen LogP contribution < -0.4 is 5.11 Å². The predicted molar refractivity (Wildman–Crippen MR) is 63.9 cm³/mol. The maximum absolute atomic E-state index is 9.76. The molecule has 86 valence electrons. The van der Waals surface area contributed by atoms with Crippen LogP contribution in [0, 0.1) is 0 Å². The van der Waals surface area contributed by atoms with Gasteiger partial charge in [0.15, 0.2) is 0 Å². The van der Waals surface area contributed by atoms with Crippen LogP contribution in [-0.4, -0.2) is 27.7 Å². The van der Waals surface area contributed by atoms with Crippen molar-refractivity contribution in [1.29, 1.82) is 0 Å². The number of carbonyl (C=O) groups excluding carboxylic acids is 1. The molecule has 0 saturated carbocycles. The molecular weight excluding hydrogens is 200 g/mol. The number of carboxylic acid groups (broad SMARTS) is 1. The van der Waals surface area contributed by atoms with Crippen LogP contribution in [0.4, 0.5) is 0 Å². The van der Waals surface area contributed by atoms with Crippen LogP contribution in [0.1, 0.15) is 65.2 Å². The SMILES string of the molecule is CCCCCC(=O)[O-].CCCCC[CH2][Mg+]. The Bertz CT molecular complexity index is 123. The molecule has 0 bridgehead atoms. The van der Waals surface area contributed by atoms with Gasteiger partial charge in [0.1, 0.15) is 0 Å². The zero-order valence-corrected chi connectivity index (χ0v) is 11.8. The Morgan fingerprint density at radius 2 is 1.53 bits per heavy atom. The first-order valence-electron chi connectivity index (χ1n) is 6.18. The summed E-state index contributed by atoms with van der Waals surface area (Å²) in [4.78, 5) is 9.76. The average Bonchev–Trinajstić information content (AvgIpc) is 2.20. The van der Waals surface area contributed by atoms with Crippen molar-refractivity contribution in [2.45, 2.75) is 69.8 Å². The van der Waals surface area contributed by atoms with E-state index in [1.54, 1.807) is 0 Å². The van der Waals surface area contributed by atoms with Crippen LogP contribution in [-0.2, 0) is 4.79 Å². The van der Waals surface area contributed by atoms with E-state index >= 15 is 0 Å². The summed E-state index contributed by atoms with van der Waals surface area (Å²) < 4.78 is 1.39. The van der Waals surface area contributed by atoms with Crippen molar-refractivity contribution in [2.75, 3.05) is 0 Å². The molecular formula is C12H24MgO2. The van der Waals surface area contributed by atoms with Crippen LogP contribution >= 0.6 is 0 Å². The number of aliphatic carboxylic acids is 1. The normalized spacial score (nSPS) is 9.33. The van der Waals surface area contributed by atoms with Crippen molar-refractivity contribution in [2.24, 2.45) is 0 Å². The third kappa shape index (κ3) is 25.0. The third-order valence-electron chi connectivity index (χ3n) is 2.09. The molecule has 0 aliphatic rings.